The molecular weight excluding hydrogens is 126 g/mol. The first-order chi connectivity index (χ1) is 3.68. The van der Waals surface area contributed by atoms with Gasteiger partial charge in [0.05, 0.1) is 0 Å². The maximum absolute atomic E-state index is 10.2. The summed E-state index contributed by atoms with van der Waals surface area (Å²) in [7, 11) is 0. The molecular formula is C5H9ClNO. The predicted molar refractivity (Wildman–Crippen MR) is 33.4 cm³/mol. The van der Waals surface area contributed by atoms with Crippen LogP contribution in [-0.4, -0.2) is 11.8 Å². The third-order valence-corrected chi connectivity index (χ3v) is 1.07. The number of primary amides is 1. The predicted octanol–water partition coefficient (Wildman–Crippen LogP) is 0.551. The lowest BCUT2D eigenvalue weighted by atomic mass is 10.1. The second-order valence-corrected chi connectivity index (χ2v) is 1.89. The van der Waals surface area contributed by atoms with Crippen molar-refractivity contribution >= 4 is 17.5 Å². The highest BCUT2D eigenvalue weighted by molar-refractivity contribution is 6.18. The van der Waals surface area contributed by atoms with Gasteiger partial charge in [0.15, 0.2) is 0 Å². The van der Waals surface area contributed by atoms with Gasteiger partial charge in [0.1, 0.15) is 0 Å². The zero-order valence-corrected chi connectivity index (χ0v) is 5.48. The fourth-order valence-corrected chi connectivity index (χ4v) is 0.517. The van der Waals surface area contributed by atoms with Crippen LogP contribution in [0.4, 0.5) is 0 Å². The Morgan fingerprint density at radius 2 is 2.50 bits per heavy atom. The lowest BCUT2D eigenvalue weighted by Gasteiger charge is -2.00. The molecule has 0 heterocycles. The van der Waals surface area contributed by atoms with Gasteiger partial charge in [0.25, 0.3) is 0 Å². The minimum absolute atomic E-state index is 0.201. The Kier molecular flexibility index (Phi) is 3.61. The topological polar surface area (TPSA) is 43.1 Å². The first-order valence-corrected chi connectivity index (χ1v) is 2.90. The van der Waals surface area contributed by atoms with Crippen LogP contribution in [-0.2, 0) is 4.79 Å². The van der Waals surface area contributed by atoms with Crippen LogP contribution in [0, 0.1) is 12.3 Å². The number of hydrogen-bond donors (Lipinski definition) is 1. The highest BCUT2D eigenvalue weighted by Gasteiger charge is 2.05. The highest BCUT2D eigenvalue weighted by atomic mass is 35.5. The molecule has 0 aliphatic heterocycles. The van der Waals surface area contributed by atoms with Crippen LogP contribution in [0.5, 0.6) is 0 Å². The Bertz CT molecular complexity index is 84.5. The lowest BCUT2D eigenvalue weighted by Crippen LogP contribution is -2.21. The number of carbonyl (C=O) groups excluding carboxylic acids is 1. The van der Waals surface area contributed by atoms with Gasteiger partial charge in [0, 0.05) is 11.8 Å². The van der Waals surface area contributed by atoms with E-state index >= 15 is 0 Å². The van der Waals surface area contributed by atoms with E-state index in [0.29, 0.717) is 5.88 Å². The summed E-state index contributed by atoms with van der Waals surface area (Å²) in [5.41, 5.74) is 4.89. The summed E-state index contributed by atoms with van der Waals surface area (Å²) in [6.07, 6.45) is 1.66. The second kappa shape index (κ2) is 3.72. The van der Waals surface area contributed by atoms with Gasteiger partial charge in [-0.25, -0.2) is 0 Å². The number of amides is 1. The average molecular weight is 135 g/mol. The van der Waals surface area contributed by atoms with Crippen molar-refractivity contribution in [2.24, 2.45) is 11.7 Å². The van der Waals surface area contributed by atoms with Crippen LogP contribution >= 0.6 is 11.6 Å². The van der Waals surface area contributed by atoms with E-state index in [1.807, 2.05) is 0 Å². The molecule has 47 valence electrons. The molecule has 8 heavy (non-hydrogen) atoms. The summed E-state index contributed by atoms with van der Waals surface area (Å²) in [6, 6.07) is 0. The molecule has 2 N–H and O–H groups in total. The summed E-state index contributed by atoms with van der Waals surface area (Å²) in [5.74, 6) is -0.150. The zero-order valence-electron chi connectivity index (χ0n) is 4.73. The minimum Gasteiger partial charge on any atom is -0.369 e. The van der Waals surface area contributed by atoms with Crippen molar-refractivity contribution in [1.29, 1.82) is 0 Å². The SMILES string of the molecule is CC([CH]CCl)C(N)=O. The van der Waals surface area contributed by atoms with Gasteiger partial charge in [-0.05, 0) is 6.42 Å². The molecule has 1 amide bonds. The lowest BCUT2D eigenvalue weighted by molar-refractivity contribution is -0.120. The quantitative estimate of drug-likeness (QED) is 0.563. The average Bonchev–Trinajstić information content (AvgIpc) is 1.67. The number of nitrogens with two attached hydrogens (primary N) is 1. The van der Waals surface area contributed by atoms with Gasteiger partial charge < -0.3 is 5.73 Å². The van der Waals surface area contributed by atoms with E-state index in [0.717, 1.165) is 0 Å². The Morgan fingerprint density at radius 1 is 2.00 bits per heavy atom. The van der Waals surface area contributed by atoms with Crippen LogP contribution in [0.15, 0.2) is 0 Å². The normalized spacial score (nSPS) is 13.2. The van der Waals surface area contributed by atoms with Crippen molar-refractivity contribution in [3.05, 3.63) is 6.42 Å². The zero-order chi connectivity index (χ0) is 6.57. The molecule has 2 nitrogen and oxygen atoms in total. The third kappa shape index (κ3) is 2.86. The molecule has 1 atom stereocenters. The molecule has 0 aliphatic carbocycles. The molecule has 0 spiro atoms. The monoisotopic (exact) mass is 134 g/mol. The molecule has 0 aliphatic rings. The van der Waals surface area contributed by atoms with Crippen molar-refractivity contribution in [3.8, 4) is 0 Å². The Hall–Kier alpha value is -0.240. The van der Waals surface area contributed by atoms with Crippen LogP contribution in [0.2, 0.25) is 0 Å². The van der Waals surface area contributed by atoms with Crippen LogP contribution in [0.3, 0.4) is 0 Å². The molecule has 0 aromatic carbocycles. The maximum Gasteiger partial charge on any atom is 0.220 e. The molecule has 0 aromatic rings. The number of hydrogen-bond acceptors (Lipinski definition) is 1. The first kappa shape index (κ1) is 7.76. The smallest absolute Gasteiger partial charge is 0.220 e. The molecule has 0 saturated carbocycles. The molecule has 0 rings (SSSR count). The maximum atomic E-state index is 10.2. The number of carbonyl (C=O) groups is 1. The van der Waals surface area contributed by atoms with Gasteiger partial charge in [-0.3, -0.25) is 4.79 Å². The van der Waals surface area contributed by atoms with Crippen LogP contribution < -0.4 is 5.73 Å². The Labute approximate surface area is 54.0 Å². The molecule has 0 aromatic heterocycles. The molecule has 0 fully saturated rings. The molecule has 1 radical (unpaired) electrons. The van der Waals surface area contributed by atoms with Crippen molar-refractivity contribution in [2.75, 3.05) is 5.88 Å². The van der Waals surface area contributed by atoms with Crippen LogP contribution in [0.1, 0.15) is 6.92 Å². The summed E-state index contributed by atoms with van der Waals surface area (Å²) in [5, 5.41) is 0. The van der Waals surface area contributed by atoms with Crippen LogP contribution in [0.25, 0.3) is 0 Å². The standard InChI is InChI=1S/C5H9ClNO/c1-4(2-3-6)5(7)8/h2,4H,3H2,1H3,(H2,7,8). The first-order valence-electron chi connectivity index (χ1n) is 2.37. The van der Waals surface area contributed by atoms with E-state index in [2.05, 4.69) is 0 Å². The van der Waals surface area contributed by atoms with E-state index in [-0.39, 0.29) is 11.8 Å². The van der Waals surface area contributed by atoms with Crippen molar-refractivity contribution in [3.63, 3.8) is 0 Å². The van der Waals surface area contributed by atoms with E-state index in [1.54, 1.807) is 13.3 Å². The second-order valence-electron chi connectivity index (χ2n) is 1.58. The molecule has 3 heteroatoms. The summed E-state index contributed by atoms with van der Waals surface area (Å²) in [4.78, 5) is 10.2. The number of rotatable bonds is 3. The molecule has 0 saturated heterocycles. The fourth-order valence-electron chi connectivity index (χ4n) is 0.250. The van der Waals surface area contributed by atoms with E-state index in [1.165, 1.54) is 0 Å². The molecule has 1 unspecified atom stereocenters. The van der Waals surface area contributed by atoms with E-state index in [4.69, 9.17) is 17.3 Å². The Morgan fingerprint density at radius 3 is 2.62 bits per heavy atom. The number of alkyl halides is 1. The summed E-state index contributed by atoms with van der Waals surface area (Å²) < 4.78 is 0. The van der Waals surface area contributed by atoms with Crippen molar-refractivity contribution in [2.45, 2.75) is 6.92 Å². The van der Waals surface area contributed by atoms with E-state index < -0.39 is 0 Å². The molecule has 0 bridgehead atoms. The minimum atomic E-state index is -0.328. The van der Waals surface area contributed by atoms with Gasteiger partial charge in [-0.2, -0.15) is 0 Å². The van der Waals surface area contributed by atoms with Gasteiger partial charge in [0.2, 0.25) is 5.91 Å². The largest absolute Gasteiger partial charge is 0.369 e. The highest BCUT2D eigenvalue weighted by Crippen LogP contribution is 1.98. The summed E-state index contributed by atoms with van der Waals surface area (Å²) >= 11 is 5.28. The Balaban J connectivity index is 3.32. The van der Waals surface area contributed by atoms with Gasteiger partial charge in [-0.1, -0.05) is 6.92 Å². The van der Waals surface area contributed by atoms with Crippen molar-refractivity contribution < 1.29 is 4.79 Å². The summed E-state index contributed by atoms with van der Waals surface area (Å²) in [6.45, 7) is 1.71. The van der Waals surface area contributed by atoms with Gasteiger partial charge in [-0.15, -0.1) is 11.6 Å². The van der Waals surface area contributed by atoms with Crippen molar-refractivity contribution in [1.82, 2.24) is 0 Å². The van der Waals surface area contributed by atoms with Gasteiger partial charge >= 0.3 is 0 Å². The third-order valence-electron chi connectivity index (χ3n) is 0.891. The number of halogens is 1. The fraction of sp³-hybridized carbons (Fsp3) is 0.600. The van der Waals surface area contributed by atoms with E-state index in [9.17, 15) is 4.79 Å².